The van der Waals surface area contributed by atoms with Gasteiger partial charge < -0.3 is 0 Å². The Kier molecular flexibility index (Phi) is 2.99. The fraction of sp³-hybridized carbons (Fsp3) is 0.167. The maximum atomic E-state index is 13.3. The van der Waals surface area contributed by atoms with Crippen LogP contribution in [-0.4, -0.2) is 15.6 Å². The van der Waals surface area contributed by atoms with Crippen molar-refractivity contribution in [3.8, 4) is 0 Å². The molecule has 88 valence electrons. The fourth-order valence-corrected chi connectivity index (χ4v) is 1.50. The SMILES string of the molecule is Cc1ccnn1CC(=O)c1cc(F)ccc1F. The molecule has 0 N–H and O–H groups in total. The van der Waals surface area contributed by atoms with Gasteiger partial charge in [0.05, 0.1) is 5.56 Å². The molecule has 17 heavy (non-hydrogen) atoms. The van der Waals surface area contributed by atoms with Crippen LogP contribution in [0.15, 0.2) is 30.5 Å². The normalized spacial score (nSPS) is 10.5. The Morgan fingerprint density at radius 2 is 2.12 bits per heavy atom. The van der Waals surface area contributed by atoms with Gasteiger partial charge in [-0.2, -0.15) is 5.10 Å². The predicted molar refractivity (Wildman–Crippen MR) is 57.7 cm³/mol. The number of hydrogen-bond acceptors (Lipinski definition) is 2. The van der Waals surface area contributed by atoms with Crippen LogP contribution in [0.3, 0.4) is 0 Å². The zero-order valence-corrected chi connectivity index (χ0v) is 9.15. The minimum Gasteiger partial charge on any atom is -0.292 e. The number of carbonyl (C=O) groups is 1. The highest BCUT2D eigenvalue weighted by Crippen LogP contribution is 2.11. The number of aromatic nitrogens is 2. The topological polar surface area (TPSA) is 34.9 Å². The average Bonchev–Trinajstić information content (AvgIpc) is 2.68. The first-order valence-corrected chi connectivity index (χ1v) is 5.04. The molecule has 2 aromatic rings. The molecule has 0 unspecified atom stereocenters. The molecule has 5 heteroatoms. The summed E-state index contributed by atoms with van der Waals surface area (Å²) in [5.41, 5.74) is 0.537. The van der Waals surface area contributed by atoms with Gasteiger partial charge in [0, 0.05) is 11.9 Å². The van der Waals surface area contributed by atoms with Crippen LogP contribution in [0.1, 0.15) is 16.1 Å². The van der Waals surface area contributed by atoms with Gasteiger partial charge in [0.15, 0.2) is 5.78 Å². The second-order valence-corrected chi connectivity index (χ2v) is 3.68. The number of rotatable bonds is 3. The first-order chi connectivity index (χ1) is 8.08. The Morgan fingerprint density at radius 1 is 1.35 bits per heavy atom. The van der Waals surface area contributed by atoms with Crippen LogP contribution in [0.4, 0.5) is 8.78 Å². The molecule has 0 radical (unpaired) electrons. The number of benzene rings is 1. The fourth-order valence-electron chi connectivity index (χ4n) is 1.50. The van der Waals surface area contributed by atoms with Crippen molar-refractivity contribution in [3.63, 3.8) is 0 Å². The molecule has 0 saturated heterocycles. The third-order valence-electron chi connectivity index (χ3n) is 2.45. The second kappa shape index (κ2) is 4.45. The number of nitrogens with zero attached hydrogens (tertiary/aromatic N) is 2. The first kappa shape index (κ1) is 11.4. The van der Waals surface area contributed by atoms with Gasteiger partial charge >= 0.3 is 0 Å². The molecule has 0 aliphatic heterocycles. The summed E-state index contributed by atoms with van der Waals surface area (Å²) < 4.78 is 27.7. The molecule has 0 aliphatic carbocycles. The van der Waals surface area contributed by atoms with Crippen LogP contribution in [0.25, 0.3) is 0 Å². The van der Waals surface area contributed by atoms with Crippen LogP contribution in [0.2, 0.25) is 0 Å². The zero-order valence-electron chi connectivity index (χ0n) is 9.15. The van der Waals surface area contributed by atoms with E-state index in [0.29, 0.717) is 0 Å². The highest BCUT2D eigenvalue weighted by molar-refractivity contribution is 5.96. The molecule has 0 fully saturated rings. The number of ketones is 1. The third-order valence-corrected chi connectivity index (χ3v) is 2.45. The summed E-state index contributed by atoms with van der Waals surface area (Å²) >= 11 is 0. The molecular weight excluding hydrogens is 226 g/mol. The minimum absolute atomic E-state index is 0.0980. The quantitative estimate of drug-likeness (QED) is 0.767. The number of carbonyl (C=O) groups excluding carboxylic acids is 1. The Morgan fingerprint density at radius 3 is 2.76 bits per heavy atom. The summed E-state index contributed by atoms with van der Waals surface area (Å²) in [6.07, 6.45) is 1.55. The van der Waals surface area contributed by atoms with Crippen molar-refractivity contribution >= 4 is 5.78 Å². The van der Waals surface area contributed by atoms with Gasteiger partial charge in [0.25, 0.3) is 0 Å². The van der Waals surface area contributed by atoms with Crippen molar-refractivity contribution < 1.29 is 13.6 Å². The molecule has 0 spiro atoms. The smallest absolute Gasteiger partial charge is 0.187 e. The largest absolute Gasteiger partial charge is 0.292 e. The van der Waals surface area contributed by atoms with Gasteiger partial charge in [0.2, 0.25) is 0 Å². The Bertz CT molecular complexity index is 563. The Balaban J connectivity index is 2.26. The van der Waals surface area contributed by atoms with Crippen molar-refractivity contribution in [3.05, 3.63) is 53.4 Å². The molecule has 3 nitrogen and oxygen atoms in total. The molecular formula is C12H10F2N2O. The lowest BCUT2D eigenvalue weighted by Crippen LogP contribution is -2.14. The molecule has 0 atom stereocenters. The molecule has 1 aromatic carbocycles. The molecule has 1 aromatic heterocycles. The number of halogens is 2. The predicted octanol–water partition coefficient (Wildman–Crippen LogP) is 2.35. The molecule has 1 heterocycles. The summed E-state index contributed by atoms with van der Waals surface area (Å²) in [5.74, 6) is -1.86. The molecule has 0 saturated carbocycles. The standard InChI is InChI=1S/C12H10F2N2O/c1-8-4-5-15-16(8)7-12(17)10-6-9(13)2-3-11(10)14/h2-6H,7H2,1H3. The van der Waals surface area contributed by atoms with Gasteiger partial charge in [-0.05, 0) is 31.2 Å². The molecule has 0 aliphatic rings. The van der Waals surface area contributed by atoms with Crippen molar-refractivity contribution in [1.82, 2.24) is 9.78 Å². The lowest BCUT2D eigenvalue weighted by Gasteiger charge is -2.05. The van der Waals surface area contributed by atoms with Crippen LogP contribution in [0.5, 0.6) is 0 Å². The third kappa shape index (κ3) is 2.38. The van der Waals surface area contributed by atoms with Crippen LogP contribution < -0.4 is 0 Å². The lowest BCUT2D eigenvalue weighted by atomic mass is 10.1. The summed E-state index contributed by atoms with van der Waals surface area (Å²) in [5, 5.41) is 3.91. The average molecular weight is 236 g/mol. The van der Waals surface area contributed by atoms with Crippen molar-refractivity contribution in [2.45, 2.75) is 13.5 Å². The monoisotopic (exact) mass is 236 g/mol. The first-order valence-electron chi connectivity index (χ1n) is 5.04. The lowest BCUT2D eigenvalue weighted by molar-refractivity contribution is 0.0962. The Labute approximate surface area is 96.7 Å². The van der Waals surface area contributed by atoms with Gasteiger partial charge in [0.1, 0.15) is 18.2 Å². The molecule has 2 rings (SSSR count). The van der Waals surface area contributed by atoms with Gasteiger partial charge in [-0.3, -0.25) is 9.48 Å². The highest BCUT2D eigenvalue weighted by atomic mass is 19.1. The number of aryl methyl sites for hydroxylation is 1. The zero-order chi connectivity index (χ0) is 12.4. The van der Waals surface area contributed by atoms with Crippen LogP contribution >= 0.6 is 0 Å². The van der Waals surface area contributed by atoms with Gasteiger partial charge in [-0.1, -0.05) is 0 Å². The summed E-state index contributed by atoms with van der Waals surface area (Å²) in [6.45, 7) is 1.68. The van der Waals surface area contributed by atoms with E-state index in [4.69, 9.17) is 0 Å². The van der Waals surface area contributed by atoms with Crippen LogP contribution in [-0.2, 0) is 6.54 Å². The number of Topliss-reactive ketones (excluding diaryl/α,β-unsaturated/α-hetero) is 1. The Hall–Kier alpha value is -2.04. The summed E-state index contributed by atoms with van der Waals surface area (Å²) in [6, 6.07) is 4.55. The van der Waals surface area contributed by atoms with E-state index in [9.17, 15) is 13.6 Å². The van der Waals surface area contributed by atoms with E-state index < -0.39 is 17.4 Å². The second-order valence-electron chi connectivity index (χ2n) is 3.68. The van der Waals surface area contributed by atoms with Crippen molar-refractivity contribution in [2.75, 3.05) is 0 Å². The highest BCUT2D eigenvalue weighted by Gasteiger charge is 2.14. The number of hydrogen-bond donors (Lipinski definition) is 0. The van der Waals surface area contributed by atoms with Crippen molar-refractivity contribution in [1.29, 1.82) is 0 Å². The maximum absolute atomic E-state index is 13.3. The van der Waals surface area contributed by atoms with Crippen molar-refractivity contribution in [2.24, 2.45) is 0 Å². The van der Waals surface area contributed by atoms with E-state index >= 15 is 0 Å². The summed E-state index contributed by atoms with van der Waals surface area (Å²) in [4.78, 5) is 11.8. The van der Waals surface area contributed by atoms with Gasteiger partial charge in [-0.25, -0.2) is 8.78 Å². The van der Waals surface area contributed by atoms with E-state index in [1.165, 1.54) is 4.68 Å². The van der Waals surface area contributed by atoms with E-state index in [1.807, 2.05) is 0 Å². The maximum Gasteiger partial charge on any atom is 0.187 e. The van der Waals surface area contributed by atoms with E-state index in [2.05, 4.69) is 5.10 Å². The molecule has 0 bridgehead atoms. The summed E-state index contributed by atoms with van der Waals surface area (Å²) in [7, 11) is 0. The van der Waals surface area contributed by atoms with Gasteiger partial charge in [-0.15, -0.1) is 0 Å². The van der Waals surface area contributed by atoms with E-state index in [0.717, 1.165) is 23.9 Å². The van der Waals surface area contributed by atoms with E-state index in [1.54, 1.807) is 19.2 Å². The molecule has 0 amide bonds. The minimum atomic E-state index is -0.721. The van der Waals surface area contributed by atoms with Crippen LogP contribution in [0, 0.1) is 18.6 Å². The van der Waals surface area contributed by atoms with E-state index in [-0.39, 0.29) is 12.1 Å².